The Kier molecular flexibility index (Phi) is 8.29. The van der Waals surface area contributed by atoms with E-state index in [0.29, 0.717) is 0 Å². The number of rotatable bonds is 2. The highest BCUT2D eigenvalue weighted by molar-refractivity contribution is 7.98. The molecular weight excluding hydrogens is 166 g/mol. The highest BCUT2D eigenvalue weighted by atomic mass is 32.2. The van der Waals surface area contributed by atoms with Crippen LogP contribution >= 0.6 is 11.8 Å². The van der Waals surface area contributed by atoms with Crippen molar-refractivity contribution < 1.29 is 0 Å². The van der Waals surface area contributed by atoms with Gasteiger partial charge >= 0.3 is 0 Å². The van der Waals surface area contributed by atoms with Gasteiger partial charge in [-0.15, -0.1) is 0 Å². The van der Waals surface area contributed by atoms with Crippen molar-refractivity contribution in [1.82, 2.24) is 0 Å². The normalized spacial score (nSPS) is 8.58. The maximum absolute atomic E-state index is 5.12. The van der Waals surface area contributed by atoms with Crippen LogP contribution < -0.4 is 5.73 Å². The summed E-state index contributed by atoms with van der Waals surface area (Å²) in [5.74, 6) is 1.08. The van der Waals surface area contributed by atoms with Crippen LogP contribution in [-0.2, 0) is 0 Å². The number of benzene rings is 1. The average molecular weight is 183 g/mol. The summed E-state index contributed by atoms with van der Waals surface area (Å²) in [5.41, 5.74) is 6.44. The van der Waals surface area contributed by atoms with Crippen molar-refractivity contribution in [3.05, 3.63) is 35.9 Å². The Labute approximate surface area is 79.4 Å². The van der Waals surface area contributed by atoms with Crippen LogP contribution in [0, 0.1) is 6.92 Å². The van der Waals surface area contributed by atoms with E-state index in [1.54, 1.807) is 11.8 Å². The molecule has 0 aliphatic heterocycles. The predicted molar refractivity (Wildman–Crippen MR) is 58.6 cm³/mol. The summed E-state index contributed by atoms with van der Waals surface area (Å²) < 4.78 is 0. The van der Waals surface area contributed by atoms with Gasteiger partial charge in [-0.2, -0.15) is 11.8 Å². The van der Waals surface area contributed by atoms with Crippen LogP contribution in [0.2, 0.25) is 0 Å². The largest absolute Gasteiger partial charge is 0.330 e. The summed E-state index contributed by atoms with van der Waals surface area (Å²) >= 11 is 1.78. The van der Waals surface area contributed by atoms with Gasteiger partial charge in [-0.25, -0.2) is 0 Å². The van der Waals surface area contributed by atoms with Crippen molar-refractivity contribution in [3.63, 3.8) is 0 Å². The topological polar surface area (TPSA) is 26.0 Å². The fourth-order valence-electron chi connectivity index (χ4n) is 0.652. The fourth-order valence-corrected chi connectivity index (χ4v) is 0.888. The van der Waals surface area contributed by atoms with Crippen molar-refractivity contribution in [2.45, 2.75) is 6.92 Å². The summed E-state index contributed by atoms with van der Waals surface area (Å²) in [7, 11) is 0. The van der Waals surface area contributed by atoms with Crippen molar-refractivity contribution in [2.75, 3.05) is 18.6 Å². The zero-order valence-electron chi connectivity index (χ0n) is 7.79. The lowest BCUT2D eigenvalue weighted by molar-refractivity contribution is 1.15. The minimum atomic E-state index is 0.807. The third kappa shape index (κ3) is 7.63. The van der Waals surface area contributed by atoms with E-state index in [0.717, 1.165) is 12.3 Å². The summed E-state index contributed by atoms with van der Waals surface area (Å²) in [4.78, 5) is 0. The van der Waals surface area contributed by atoms with Gasteiger partial charge in [-0.1, -0.05) is 35.9 Å². The monoisotopic (exact) mass is 183 g/mol. The highest BCUT2D eigenvalue weighted by Gasteiger charge is 1.72. The summed E-state index contributed by atoms with van der Waals surface area (Å²) in [6.45, 7) is 2.89. The van der Waals surface area contributed by atoms with Crippen molar-refractivity contribution in [1.29, 1.82) is 0 Å². The number of hydrogen-bond acceptors (Lipinski definition) is 2. The average Bonchev–Trinajstić information content (AvgIpc) is 2.08. The Morgan fingerprint density at radius 1 is 1.25 bits per heavy atom. The number of hydrogen-bond donors (Lipinski definition) is 1. The van der Waals surface area contributed by atoms with Crippen LogP contribution in [0.25, 0.3) is 0 Å². The molecule has 0 heterocycles. The van der Waals surface area contributed by atoms with Crippen molar-refractivity contribution >= 4 is 11.8 Å². The quantitative estimate of drug-likeness (QED) is 0.761. The molecule has 0 bridgehead atoms. The molecule has 0 saturated heterocycles. The minimum absolute atomic E-state index is 0.807. The molecule has 0 aliphatic rings. The molecule has 12 heavy (non-hydrogen) atoms. The Hall–Kier alpha value is -0.470. The molecule has 0 aliphatic carbocycles. The first-order chi connectivity index (χ1) is 5.81. The van der Waals surface area contributed by atoms with Crippen LogP contribution in [0.4, 0.5) is 0 Å². The van der Waals surface area contributed by atoms with Gasteiger partial charge in [0.1, 0.15) is 0 Å². The van der Waals surface area contributed by atoms with Gasteiger partial charge in [0.15, 0.2) is 0 Å². The molecule has 1 nitrogen and oxygen atoms in total. The molecule has 2 N–H and O–H groups in total. The van der Waals surface area contributed by atoms with E-state index < -0.39 is 0 Å². The lowest BCUT2D eigenvalue weighted by atomic mass is 10.2. The van der Waals surface area contributed by atoms with Crippen LogP contribution in [-0.4, -0.2) is 18.6 Å². The Morgan fingerprint density at radius 2 is 1.83 bits per heavy atom. The second-order valence-electron chi connectivity index (χ2n) is 2.44. The maximum Gasteiger partial charge on any atom is 0.00530 e. The SMILES string of the molecule is CSCCN.Cc1ccccc1. The fraction of sp³-hybridized carbons (Fsp3) is 0.400. The molecule has 0 amide bonds. The van der Waals surface area contributed by atoms with Gasteiger partial charge in [0, 0.05) is 12.3 Å². The molecule has 1 aromatic carbocycles. The van der Waals surface area contributed by atoms with E-state index in [9.17, 15) is 0 Å². The molecule has 1 rings (SSSR count). The standard InChI is InChI=1S/C7H8.C3H9NS/c1-7-5-3-2-4-6-7;1-5-3-2-4/h2-6H,1H3;2-4H2,1H3. The third-order valence-corrected chi connectivity index (χ3v) is 1.91. The molecule has 0 unspecified atom stereocenters. The molecule has 2 heteroatoms. The van der Waals surface area contributed by atoms with Gasteiger partial charge in [-0.3, -0.25) is 0 Å². The van der Waals surface area contributed by atoms with Crippen molar-refractivity contribution in [3.8, 4) is 0 Å². The first kappa shape index (κ1) is 11.5. The van der Waals surface area contributed by atoms with E-state index >= 15 is 0 Å². The van der Waals surface area contributed by atoms with Crippen molar-refractivity contribution in [2.24, 2.45) is 5.73 Å². The molecule has 0 spiro atoms. The van der Waals surface area contributed by atoms with Crippen LogP contribution in [0.5, 0.6) is 0 Å². The van der Waals surface area contributed by atoms with Crippen LogP contribution in [0.15, 0.2) is 30.3 Å². The number of nitrogens with two attached hydrogens (primary N) is 1. The first-order valence-corrected chi connectivity index (χ1v) is 5.41. The Bertz CT molecular complexity index is 172. The number of aryl methyl sites for hydroxylation is 1. The number of thioether (sulfide) groups is 1. The predicted octanol–water partition coefficient (Wildman–Crippen LogP) is 2.30. The Balaban J connectivity index is 0.000000217. The van der Waals surface area contributed by atoms with Crippen LogP contribution in [0.1, 0.15) is 5.56 Å². The van der Waals surface area contributed by atoms with Gasteiger partial charge in [0.25, 0.3) is 0 Å². The smallest absolute Gasteiger partial charge is 0.00530 e. The zero-order chi connectivity index (χ0) is 9.23. The third-order valence-electron chi connectivity index (χ3n) is 1.26. The zero-order valence-corrected chi connectivity index (χ0v) is 8.60. The van der Waals surface area contributed by atoms with Gasteiger partial charge in [-0.05, 0) is 13.2 Å². The second kappa shape index (κ2) is 8.62. The van der Waals surface area contributed by atoms with E-state index in [-0.39, 0.29) is 0 Å². The molecule has 0 aromatic heterocycles. The summed E-state index contributed by atoms with van der Waals surface area (Å²) in [5, 5.41) is 0. The molecule has 1 aromatic rings. The summed E-state index contributed by atoms with van der Waals surface area (Å²) in [6.07, 6.45) is 2.05. The molecule has 68 valence electrons. The molecule has 0 radical (unpaired) electrons. The van der Waals surface area contributed by atoms with Crippen LogP contribution in [0.3, 0.4) is 0 Å². The van der Waals surface area contributed by atoms with E-state index in [4.69, 9.17) is 5.73 Å². The van der Waals surface area contributed by atoms with E-state index in [1.165, 1.54) is 5.56 Å². The van der Waals surface area contributed by atoms with Gasteiger partial charge in [0.05, 0.1) is 0 Å². The highest BCUT2D eigenvalue weighted by Crippen LogP contribution is 1.92. The van der Waals surface area contributed by atoms with Gasteiger partial charge < -0.3 is 5.73 Å². The molecule has 0 saturated carbocycles. The van der Waals surface area contributed by atoms with E-state index in [1.807, 2.05) is 24.5 Å². The van der Waals surface area contributed by atoms with E-state index in [2.05, 4.69) is 19.1 Å². The lowest BCUT2D eigenvalue weighted by Crippen LogP contribution is -1.99. The van der Waals surface area contributed by atoms with Gasteiger partial charge in [0.2, 0.25) is 0 Å². The maximum atomic E-state index is 5.12. The Morgan fingerprint density at radius 3 is 2.00 bits per heavy atom. The minimum Gasteiger partial charge on any atom is -0.330 e. The first-order valence-electron chi connectivity index (χ1n) is 4.02. The molecule has 0 fully saturated rings. The summed E-state index contributed by atoms with van der Waals surface area (Å²) in [6, 6.07) is 10.3. The molecular formula is C10H17NS. The lowest BCUT2D eigenvalue weighted by Gasteiger charge is -1.82. The second-order valence-corrected chi connectivity index (χ2v) is 3.42. The molecule has 0 atom stereocenters.